The van der Waals surface area contributed by atoms with Crippen LogP contribution in [0.1, 0.15) is 78.1 Å². The van der Waals surface area contributed by atoms with Gasteiger partial charge in [0, 0.05) is 6.42 Å². The molecule has 4 N–H and O–H groups in total. The molecule has 12 heteroatoms. The largest absolute Gasteiger partial charge is 0.480 e. The highest BCUT2D eigenvalue weighted by molar-refractivity contribution is 7.47. The van der Waals surface area contributed by atoms with Crippen molar-refractivity contribution in [2.75, 3.05) is 19.8 Å². The monoisotopic (exact) mass is 665 g/mol. The van der Waals surface area contributed by atoms with Crippen LogP contribution < -0.4 is 5.32 Å². The molecule has 11 nitrogen and oxygen atoms in total. The van der Waals surface area contributed by atoms with Crippen LogP contribution in [0.15, 0.2) is 85.1 Å². The molecule has 0 rings (SSSR count). The van der Waals surface area contributed by atoms with Gasteiger partial charge in [-0.2, -0.15) is 0 Å². The number of ether oxygens (including phenoxy) is 1. The van der Waals surface area contributed by atoms with Crippen molar-refractivity contribution in [3.8, 4) is 0 Å². The standard InChI is InChI=1S/C34H52NO10P/c1-3-5-6-7-8-9-10-11-12-13-14-15-16-17-18-19-20-21-22-23-24-26-33(38)43-27-30(36)28-44-46(41,42)45-29-31(34(39)40)35-32(37)25-4-2/h5-6,8-9,11-12,14-15,17-18,20-21,23-24,30-31,36H,3-4,7,10,13,16,19,22,25-29H2,1-2H3,(H,35,37)(H,39,40)(H,41,42)/b6-5-,9-8-,12-11-,15-14-,18-17-,21-20-,24-23-. The fourth-order valence-corrected chi connectivity index (χ4v) is 4.10. The van der Waals surface area contributed by atoms with Crippen molar-refractivity contribution in [1.82, 2.24) is 5.32 Å². The van der Waals surface area contributed by atoms with Gasteiger partial charge in [-0.3, -0.25) is 18.6 Å². The Morgan fingerprint density at radius 2 is 1.13 bits per heavy atom. The van der Waals surface area contributed by atoms with Gasteiger partial charge < -0.3 is 25.2 Å². The summed E-state index contributed by atoms with van der Waals surface area (Å²) in [5.74, 6) is -2.61. The summed E-state index contributed by atoms with van der Waals surface area (Å²) in [5, 5.41) is 21.2. The van der Waals surface area contributed by atoms with Gasteiger partial charge in [-0.05, 0) is 51.4 Å². The number of carbonyl (C=O) groups excluding carboxylic acids is 2. The maximum atomic E-state index is 12.0. The van der Waals surface area contributed by atoms with Crippen LogP contribution >= 0.6 is 7.82 Å². The molecule has 0 aliphatic carbocycles. The van der Waals surface area contributed by atoms with E-state index in [1.807, 2.05) is 18.2 Å². The normalized spacial score (nSPS) is 15.2. The highest BCUT2D eigenvalue weighted by Crippen LogP contribution is 2.43. The lowest BCUT2D eigenvalue weighted by atomic mass is 10.2. The number of rotatable bonds is 27. The van der Waals surface area contributed by atoms with Crippen molar-refractivity contribution < 1.29 is 47.8 Å². The van der Waals surface area contributed by atoms with Crippen LogP contribution in [0.5, 0.6) is 0 Å². The zero-order chi connectivity index (χ0) is 34.3. The Kier molecular flexibility index (Phi) is 27.0. The predicted molar refractivity (Wildman–Crippen MR) is 180 cm³/mol. The maximum Gasteiger partial charge on any atom is 0.472 e. The van der Waals surface area contributed by atoms with Crippen molar-refractivity contribution in [3.63, 3.8) is 0 Å². The topological polar surface area (TPSA) is 169 Å². The highest BCUT2D eigenvalue weighted by atomic mass is 31.2. The predicted octanol–water partition coefficient (Wildman–Crippen LogP) is 6.43. The number of carboxylic acids is 1. The summed E-state index contributed by atoms with van der Waals surface area (Å²) in [7, 11) is -4.74. The van der Waals surface area contributed by atoms with E-state index >= 15 is 0 Å². The van der Waals surface area contributed by atoms with E-state index in [1.165, 1.54) is 0 Å². The van der Waals surface area contributed by atoms with E-state index in [4.69, 9.17) is 9.84 Å². The molecule has 0 saturated heterocycles. The van der Waals surface area contributed by atoms with Gasteiger partial charge in [0.15, 0.2) is 6.04 Å². The Morgan fingerprint density at radius 1 is 0.696 bits per heavy atom. The first-order valence-electron chi connectivity index (χ1n) is 15.6. The van der Waals surface area contributed by atoms with Crippen LogP contribution in [-0.2, 0) is 32.7 Å². The third kappa shape index (κ3) is 28.2. The number of phosphoric acid groups is 1. The summed E-state index contributed by atoms with van der Waals surface area (Å²) in [6.07, 6.45) is 34.4. The van der Waals surface area contributed by atoms with Crippen LogP contribution in [0.25, 0.3) is 0 Å². The molecule has 0 aromatic rings. The van der Waals surface area contributed by atoms with Crippen molar-refractivity contribution in [3.05, 3.63) is 85.1 Å². The minimum Gasteiger partial charge on any atom is -0.480 e. The fourth-order valence-electron chi connectivity index (χ4n) is 3.32. The zero-order valence-corrected chi connectivity index (χ0v) is 28.0. The quantitative estimate of drug-likeness (QED) is 0.0436. The summed E-state index contributed by atoms with van der Waals surface area (Å²) in [6, 6.07) is -1.55. The van der Waals surface area contributed by atoms with Crippen LogP contribution in [-0.4, -0.2) is 64.9 Å². The van der Waals surface area contributed by atoms with Crippen molar-refractivity contribution in [2.45, 2.75) is 90.2 Å². The molecule has 1 amide bonds. The Bertz CT molecular complexity index is 1110. The molecule has 0 saturated carbocycles. The molecule has 0 aromatic heterocycles. The molecule has 3 unspecified atom stereocenters. The number of allylic oxidation sites excluding steroid dienone is 13. The lowest BCUT2D eigenvalue weighted by molar-refractivity contribution is -0.146. The summed E-state index contributed by atoms with van der Waals surface area (Å²) < 4.78 is 26.1. The van der Waals surface area contributed by atoms with Gasteiger partial charge in [-0.1, -0.05) is 98.9 Å². The van der Waals surface area contributed by atoms with Crippen molar-refractivity contribution >= 4 is 25.7 Å². The smallest absolute Gasteiger partial charge is 0.472 e. The number of nitrogens with one attached hydrogen (secondary N) is 1. The second-order valence-corrected chi connectivity index (χ2v) is 11.4. The number of aliphatic hydroxyl groups is 1. The first-order chi connectivity index (χ1) is 22.1. The Balaban J connectivity index is 4.01. The lowest BCUT2D eigenvalue weighted by Gasteiger charge is -2.18. The molecule has 0 bridgehead atoms. The number of phosphoric ester groups is 1. The Labute approximate surface area is 273 Å². The molecule has 0 aromatic carbocycles. The van der Waals surface area contributed by atoms with E-state index in [0.717, 1.165) is 38.5 Å². The van der Waals surface area contributed by atoms with Gasteiger partial charge >= 0.3 is 19.8 Å². The van der Waals surface area contributed by atoms with E-state index in [2.05, 4.69) is 82.0 Å². The number of carbonyl (C=O) groups is 3. The average Bonchev–Trinajstić information content (AvgIpc) is 3.01. The second-order valence-electron chi connectivity index (χ2n) is 9.93. The first-order valence-corrected chi connectivity index (χ1v) is 17.1. The molecule has 258 valence electrons. The summed E-state index contributed by atoms with van der Waals surface area (Å²) in [4.78, 5) is 44.3. The minimum atomic E-state index is -4.74. The van der Waals surface area contributed by atoms with Gasteiger partial charge in [0.25, 0.3) is 0 Å². The zero-order valence-electron chi connectivity index (χ0n) is 27.1. The van der Waals surface area contributed by atoms with Gasteiger partial charge in [0.05, 0.1) is 19.6 Å². The summed E-state index contributed by atoms with van der Waals surface area (Å²) in [5.41, 5.74) is 0. The maximum absolute atomic E-state index is 12.0. The molecule has 0 spiro atoms. The third-order valence-corrected chi connectivity index (χ3v) is 6.65. The molecular weight excluding hydrogens is 613 g/mol. The summed E-state index contributed by atoms with van der Waals surface area (Å²) in [6.45, 7) is 1.85. The number of aliphatic carboxylic acids is 1. The Morgan fingerprint density at radius 3 is 1.57 bits per heavy atom. The van der Waals surface area contributed by atoms with Crippen LogP contribution in [0, 0.1) is 0 Å². The average molecular weight is 666 g/mol. The number of hydrogen-bond acceptors (Lipinski definition) is 8. The number of aliphatic hydroxyl groups excluding tert-OH is 1. The van der Waals surface area contributed by atoms with Crippen LogP contribution in [0.4, 0.5) is 0 Å². The van der Waals surface area contributed by atoms with Gasteiger partial charge in [0.2, 0.25) is 5.91 Å². The molecule has 46 heavy (non-hydrogen) atoms. The van der Waals surface area contributed by atoms with Gasteiger partial charge in [0.1, 0.15) is 12.7 Å². The lowest BCUT2D eigenvalue weighted by Crippen LogP contribution is -2.43. The number of carboxylic acid groups (broad SMARTS) is 1. The van der Waals surface area contributed by atoms with Crippen molar-refractivity contribution in [2.24, 2.45) is 0 Å². The van der Waals surface area contributed by atoms with E-state index in [9.17, 15) is 28.9 Å². The number of hydrogen-bond donors (Lipinski definition) is 4. The highest BCUT2D eigenvalue weighted by Gasteiger charge is 2.28. The molecule has 0 radical (unpaired) electrons. The van der Waals surface area contributed by atoms with Crippen LogP contribution in [0.2, 0.25) is 0 Å². The number of esters is 1. The first kappa shape index (κ1) is 42.7. The van der Waals surface area contributed by atoms with E-state index in [1.54, 1.807) is 13.0 Å². The van der Waals surface area contributed by atoms with E-state index < -0.39 is 57.6 Å². The number of amides is 1. The van der Waals surface area contributed by atoms with Crippen molar-refractivity contribution in [1.29, 1.82) is 0 Å². The molecular formula is C34H52NO10P. The van der Waals surface area contributed by atoms with E-state index in [-0.39, 0.29) is 12.8 Å². The molecule has 0 fully saturated rings. The molecule has 0 aliphatic rings. The van der Waals surface area contributed by atoms with Crippen LogP contribution in [0.3, 0.4) is 0 Å². The van der Waals surface area contributed by atoms with E-state index in [0.29, 0.717) is 12.8 Å². The fraction of sp³-hybridized carbons (Fsp3) is 0.500. The summed E-state index contributed by atoms with van der Waals surface area (Å²) >= 11 is 0. The Hall–Kier alpha value is -3.34. The molecule has 0 aliphatic heterocycles. The second kappa shape index (κ2) is 29.1. The third-order valence-electron chi connectivity index (χ3n) is 5.70. The minimum absolute atomic E-state index is 0.0158. The van der Waals surface area contributed by atoms with Gasteiger partial charge in [-0.25, -0.2) is 9.36 Å². The molecule has 0 heterocycles. The SMILES string of the molecule is CC/C=C\C/C=C\C/C=C\C/C=C\C/C=C\C/C=C\C/C=C\CC(=O)OCC(O)COP(=O)(O)OCC(NC(=O)CCC)C(=O)O. The molecule has 3 atom stereocenters. The van der Waals surface area contributed by atoms with Gasteiger partial charge in [-0.15, -0.1) is 0 Å².